The molecule has 0 unspecified atom stereocenters. The van der Waals surface area contributed by atoms with Crippen molar-refractivity contribution < 1.29 is 24.0 Å². The molecule has 0 atom stereocenters. The van der Waals surface area contributed by atoms with Gasteiger partial charge in [-0.2, -0.15) is 0 Å². The second-order valence-electron chi connectivity index (χ2n) is 4.36. The molecule has 0 fully saturated rings. The van der Waals surface area contributed by atoms with E-state index in [-0.39, 0.29) is 5.91 Å². The Morgan fingerprint density at radius 3 is 2.76 bits per heavy atom. The predicted molar refractivity (Wildman–Crippen MR) is 73.5 cm³/mol. The SMILES string of the molecule is Cc1noc(C)c1C(=O)Nc1cccc(OCC(=O)O)c1. The summed E-state index contributed by atoms with van der Waals surface area (Å²) < 4.78 is 9.99. The fraction of sp³-hybridized carbons (Fsp3) is 0.214. The van der Waals surface area contributed by atoms with Crippen LogP contribution in [0.4, 0.5) is 5.69 Å². The number of aliphatic carboxylic acids is 1. The molecule has 1 amide bonds. The molecule has 2 rings (SSSR count). The van der Waals surface area contributed by atoms with Crippen LogP contribution in [0.3, 0.4) is 0 Å². The number of carboxylic acid groups (broad SMARTS) is 1. The molecule has 0 saturated heterocycles. The molecule has 0 aliphatic heterocycles. The summed E-state index contributed by atoms with van der Waals surface area (Å²) in [5, 5.41) is 15.0. The normalized spacial score (nSPS) is 10.2. The Labute approximate surface area is 120 Å². The Hall–Kier alpha value is -2.83. The predicted octanol–water partition coefficient (Wildman–Crippen LogP) is 2.01. The van der Waals surface area contributed by atoms with Gasteiger partial charge in [0.25, 0.3) is 5.91 Å². The molecule has 0 saturated carbocycles. The number of aromatic nitrogens is 1. The van der Waals surface area contributed by atoms with Crippen molar-refractivity contribution in [1.29, 1.82) is 0 Å². The zero-order valence-corrected chi connectivity index (χ0v) is 11.5. The Morgan fingerprint density at radius 2 is 2.14 bits per heavy atom. The van der Waals surface area contributed by atoms with E-state index in [1.165, 1.54) is 0 Å². The molecule has 0 bridgehead atoms. The van der Waals surface area contributed by atoms with Crippen LogP contribution >= 0.6 is 0 Å². The molecule has 2 aromatic rings. The third-order valence-electron chi connectivity index (χ3n) is 2.71. The van der Waals surface area contributed by atoms with Crippen LogP contribution in [0.2, 0.25) is 0 Å². The molecule has 1 aromatic carbocycles. The van der Waals surface area contributed by atoms with Gasteiger partial charge in [0.1, 0.15) is 17.1 Å². The fourth-order valence-electron chi connectivity index (χ4n) is 1.81. The molecular weight excluding hydrogens is 276 g/mol. The van der Waals surface area contributed by atoms with Crippen molar-refractivity contribution in [2.24, 2.45) is 0 Å². The van der Waals surface area contributed by atoms with E-state index >= 15 is 0 Å². The zero-order chi connectivity index (χ0) is 15.4. The molecular formula is C14H14N2O5. The van der Waals surface area contributed by atoms with Gasteiger partial charge in [-0.25, -0.2) is 4.79 Å². The van der Waals surface area contributed by atoms with Crippen molar-refractivity contribution in [2.75, 3.05) is 11.9 Å². The molecule has 0 aliphatic carbocycles. The van der Waals surface area contributed by atoms with Gasteiger partial charge >= 0.3 is 5.97 Å². The van der Waals surface area contributed by atoms with E-state index in [1.54, 1.807) is 38.1 Å². The van der Waals surface area contributed by atoms with E-state index in [9.17, 15) is 9.59 Å². The number of nitrogens with zero attached hydrogens (tertiary/aromatic N) is 1. The monoisotopic (exact) mass is 290 g/mol. The lowest BCUT2D eigenvalue weighted by molar-refractivity contribution is -0.139. The minimum atomic E-state index is -1.07. The van der Waals surface area contributed by atoms with Gasteiger partial charge in [-0.1, -0.05) is 11.2 Å². The van der Waals surface area contributed by atoms with Crippen LogP contribution in [0.1, 0.15) is 21.8 Å². The zero-order valence-electron chi connectivity index (χ0n) is 11.5. The number of carbonyl (C=O) groups excluding carboxylic acids is 1. The highest BCUT2D eigenvalue weighted by molar-refractivity contribution is 6.05. The van der Waals surface area contributed by atoms with Gasteiger partial charge in [0.05, 0.1) is 5.69 Å². The van der Waals surface area contributed by atoms with E-state index in [4.69, 9.17) is 14.4 Å². The first-order chi connectivity index (χ1) is 9.97. The lowest BCUT2D eigenvalue weighted by atomic mass is 10.2. The lowest BCUT2D eigenvalue weighted by Gasteiger charge is -2.07. The van der Waals surface area contributed by atoms with E-state index in [2.05, 4.69) is 10.5 Å². The number of nitrogens with one attached hydrogen (secondary N) is 1. The van der Waals surface area contributed by atoms with Gasteiger partial charge in [-0.15, -0.1) is 0 Å². The quantitative estimate of drug-likeness (QED) is 0.873. The average Bonchev–Trinajstić information content (AvgIpc) is 2.76. The van der Waals surface area contributed by atoms with Crippen LogP contribution in [0.5, 0.6) is 5.75 Å². The van der Waals surface area contributed by atoms with Gasteiger partial charge in [0.15, 0.2) is 6.61 Å². The fourth-order valence-corrected chi connectivity index (χ4v) is 1.81. The number of anilines is 1. The maximum Gasteiger partial charge on any atom is 0.341 e. The number of carbonyl (C=O) groups is 2. The smallest absolute Gasteiger partial charge is 0.341 e. The molecule has 0 radical (unpaired) electrons. The Kier molecular flexibility index (Phi) is 4.22. The molecule has 7 nitrogen and oxygen atoms in total. The van der Waals surface area contributed by atoms with Crippen molar-refractivity contribution in [3.8, 4) is 5.75 Å². The molecule has 21 heavy (non-hydrogen) atoms. The van der Waals surface area contributed by atoms with Crippen molar-refractivity contribution >= 4 is 17.6 Å². The average molecular weight is 290 g/mol. The number of hydrogen-bond donors (Lipinski definition) is 2. The maximum absolute atomic E-state index is 12.1. The highest BCUT2D eigenvalue weighted by Crippen LogP contribution is 2.19. The Balaban J connectivity index is 2.11. The summed E-state index contributed by atoms with van der Waals surface area (Å²) in [6.07, 6.45) is 0. The number of carboxylic acids is 1. The lowest BCUT2D eigenvalue weighted by Crippen LogP contribution is -2.14. The number of rotatable bonds is 5. The summed E-state index contributed by atoms with van der Waals surface area (Å²) in [5.41, 5.74) is 1.37. The van der Waals surface area contributed by atoms with Gasteiger partial charge in [0.2, 0.25) is 0 Å². The third-order valence-corrected chi connectivity index (χ3v) is 2.71. The van der Waals surface area contributed by atoms with Gasteiger partial charge in [-0.3, -0.25) is 4.79 Å². The third kappa shape index (κ3) is 3.59. The summed E-state index contributed by atoms with van der Waals surface area (Å²) in [4.78, 5) is 22.6. The van der Waals surface area contributed by atoms with E-state index in [1.807, 2.05) is 0 Å². The maximum atomic E-state index is 12.1. The number of aryl methyl sites for hydroxylation is 2. The van der Waals surface area contributed by atoms with Crippen molar-refractivity contribution in [3.05, 3.63) is 41.3 Å². The first kappa shape index (κ1) is 14.6. The molecule has 2 N–H and O–H groups in total. The Morgan fingerprint density at radius 1 is 1.38 bits per heavy atom. The van der Waals surface area contributed by atoms with Crippen LogP contribution in [-0.4, -0.2) is 28.7 Å². The summed E-state index contributed by atoms with van der Waals surface area (Å²) in [6.45, 7) is 2.89. The minimum absolute atomic E-state index is 0.346. The molecule has 0 aliphatic rings. The van der Waals surface area contributed by atoms with E-state index in [0.29, 0.717) is 28.5 Å². The van der Waals surface area contributed by atoms with Gasteiger partial charge in [0, 0.05) is 11.8 Å². The molecule has 7 heteroatoms. The summed E-state index contributed by atoms with van der Waals surface area (Å²) in [5.74, 6) is -0.626. The Bertz CT molecular complexity index is 658. The van der Waals surface area contributed by atoms with Crippen LogP contribution in [-0.2, 0) is 4.79 Å². The minimum Gasteiger partial charge on any atom is -0.482 e. The second kappa shape index (κ2) is 6.08. The van der Waals surface area contributed by atoms with E-state index in [0.717, 1.165) is 0 Å². The van der Waals surface area contributed by atoms with Crippen molar-refractivity contribution in [2.45, 2.75) is 13.8 Å². The van der Waals surface area contributed by atoms with Crippen molar-refractivity contribution in [3.63, 3.8) is 0 Å². The summed E-state index contributed by atoms with van der Waals surface area (Å²) in [7, 11) is 0. The summed E-state index contributed by atoms with van der Waals surface area (Å²) in [6, 6.07) is 6.47. The van der Waals surface area contributed by atoms with Crippen LogP contribution in [0.25, 0.3) is 0 Å². The second-order valence-corrected chi connectivity index (χ2v) is 4.36. The van der Waals surface area contributed by atoms with Crippen molar-refractivity contribution in [1.82, 2.24) is 5.16 Å². The number of benzene rings is 1. The standard InChI is InChI=1S/C14H14N2O5/c1-8-13(9(2)21-16-8)14(19)15-10-4-3-5-11(6-10)20-7-12(17)18/h3-6H,7H2,1-2H3,(H,15,19)(H,17,18). The van der Waals surface area contributed by atoms with Crippen LogP contribution in [0.15, 0.2) is 28.8 Å². The van der Waals surface area contributed by atoms with Crippen LogP contribution in [0, 0.1) is 13.8 Å². The molecule has 1 aromatic heterocycles. The van der Waals surface area contributed by atoms with E-state index < -0.39 is 12.6 Å². The largest absolute Gasteiger partial charge is 0.482 e. The highest BCUT2D eigenvalue weighted by Gasteiger charge is 2.17. The first-order valence-corrected chi connectivity index (χ1v) is 6.16. The van der Waals surface area contributed by atoms with Gasteiger partial charge < -0.3 is 19.7 Å². The number of hydrogen-bond acceptors (Lipinski definition) is 5. The number of amides is 1. The first-order valence-electron chi connectivity index (χ1n) is 6.16. The van der Waals surface area contributed by atoms with Crippen LogP contribution < -0.4 is 10.1 Å². The number of ether oxygens (including phenoxy) is 1. The van der Waals surface area contributed by atoms with Gasteiger partial charge in [-0.05, 0) is 26.0 Å². The highest BCUT2D eigenvalue weighted by atomic mass is 16.5. The molecule has 110 valence electrons. The molecule has 1 heterocycles. The summed E-state index contributed by atoms with van der Waals surface area (Å²) >= 11 is 0. The molecule has 0 spiro atoms. The topological polar surface area (TPSA) is 102 Å².